The topological polar surface area (TPSA) is 67.8 Å². The average molecular weight is 426 g/mol. The van der Waals surface area contributed by atoms with Crippen molar-refractivity contribution in [3.63, 3.8) is 0 Å². The molecule has 0 fully saturated rings. The number of aromatic nitrogens is 3. The van der Waals surface area contributed by atoms with Crippen LogP contribution in [0.15, 0.2) is 26.1 Å². The van der Waals surface area contributed by atoms with Crippen molar-refractivity contribution in [1.29, 1.82) is 0 Å². The van der Waals surface area contributed by atoms with Crippen LogP contribution in [0.2, 0.25) is 5.02 Å². The highest BCUT2D eigenvalue weighted by Crippen LogP contribution is 2.36. The van der Waals surface area contributed by atoms with E-state index in [1.807, 2.05) is 0 Å². The third-order valence-electron chi connectivity index (χ3n) is 3.47. The van der Waals surface area contributed by atoms with E-state index in [1.165, 1.54) is 11.8 Å². The highest BCUT2D eigenvalue weighted by Gasteiger charge is 2.33. The average Bonchev–Trinajstić information content (AvgIpc) is 2.97. The van der Waals surface area contributed by atoms with Gasteiger partial charge < -0.3 is 4.98 Å². The van der Waals surface area contributed by atoms with E-state index < -0.39 is 35.5 Å². The van der Waals surface area contributed by atoms with Crippen LogP contribution < -0.4 is 11.2 Å². The Kier molecular flexibility index (Phi) is 4.88. The van der Waals surface area contributed by atoms with Gasteiger partial charge in [-0.1, -0.05) is 23.4 Å². The predicted molar refractivity (Wildman–Crippen MR) is 91.8 cm³/mol. The SMILES string of the molecule is CSc1nc2c(Cl)cc(F)c(Cn3c(=O)cc(C(F)(F)F)[nH]c3=O)c2s1. The highest BCUT2D eigenvalue weighted by atomic mass is 35.5. The molecule has 0 saturated heterocycles. The zero-order valence-electron chi connectivity index (χ0n) is 12.8. The van der Waals surface area contributed by atoms with Gasteiger partial charge in [0, 0.05) is 11.6 Å². The number of H-pyrrole nitrogens is 1. The number of fused-ring (bicyclic) bond motifs is 1. The van der Waals surface area contributed by atoms with Gasteiger partial charge in [0.25, 0.3) is 5.56 Å². The van der Waals surface area contributed by atoms with E-state index in [1.54, 1.807) is 11.2 Å². The van der Waals surface area contributed by atoms with Crippen molar-refractivity contribution in [3.8, 4) is 0 Å². The molecule has 0 aliphatic rings. The third kappa shape index (κ3) is 3.38. The summed E-state index contributed by atoms with van der Waals surface area (Å²) in [5, 5.41) is 0.0616. The van der Waals surface area contributed by atoms with Gasteiger partial charge in [0.2, 0.25) is 0 Å². The van der Waals surface area contributed by atoms with Crippen molar-refractivity contribution in [2.24, 2.45) is 0 Å². The summed E-state index contributed by atoms with van der Waals surface area (Å²) in [7, 11) is 0. The number of halogens is 5. The molecule has 0 amide bonds. The lowest BCUT2D eigenvalue weighted by atomic mass is 10.2. The van der Waals surface area contributed by atoms with Gasteiger partial charge in [-0.2, -0.15) is 13.2 Å². The molecular formula is C14H8ClF4N3O2S2. The molecule has 0 saturated carbocycles. The Hall–Kier alpha value is -1.85. The summed E-state index contributed by atoms with van der Waals surface area (Å²) >= 11 is 8.38. The Morgan fingerprint density at radius 1 is 1.35 bits per heavy atom. The standard InChI is InChI=1S/C14H8ClF4N3O2S2/c1-25-13-21-10-6(15)2-7(16)5(11(10)26-13)4-22-9(23)3-8(14(17,18)19)20-12(22)24/h2-3H,4H2,1H3,(H,20,24). The number of hydrogen-bond donors (Lipinski definition) is 1. The van der Waals surface area contributed by atoms with Crippen molar-refractivity contribution in [1.82, 2.24) is 14.5 Å². The molecule has 0 radical (unpaired) electrons. The molecule has 12 heteroatoms. The summed E-state index contributed by atoms with van der Waals surface area (Å²) in [6, 6.07) is 1.25. The first-order valence-corrected chi connectivity index (χ1v) is 9.26. The number of hydrogen-bond acceptors (Lipinski definition) is 5. The van der Waals surface area contributed by atoms with Crippen molar-refractivity contribution < 1.29 is 17.6 Å². The number of rotatable bonds is 3. The summed E-state index contributed by atoms with van der Waals surface area (Å²) in [6.07, 6.45) is -3.12. The van der Waals surface area contributed by atoms with E-state index in [-0.39, 0.29) is 16.7 Å². The molecule has 0 aliphatic heterocycles. The monoisotopic (exact) mass is 425 g/mol. The van der Waals surface area contributed by atoms with E-state index in [0.29, 0.717) is 19.1 Å². The van der Waals surface area contributed by atoms with Gasteiger partial charge in [0.05, 0.1) is 16.3 Å². The minimum Gasteiger partial charge on any atom is -0.303 e. The van der Waals surface area contributed by atoms with Crippen LogP contribution in [0.3, 0.4) is 0 Å². The summed E-state index contributed by atoms with van der Waals surface area (Å²) in [5.74, 6) is -0.787. The van der Waals surface area contributed by atoms with Crippen molar-refractivity contribution in [3.05, 3.63) is 55.1 Å². The number of thioether (sulfide) groups is 1. The first kappa shape index (κ1) is 18.9. The number of thiazole rings is 1. The molecule has 26 heavy (non-hydrogen) atoms. The van der Waals surface area contributed by atoms with E-state index in [9.17, 15) is 27.2 Å². The van der Waals surface area contributed by atoms with E-state index in [4.69, 9.17) is 11.6 Å². The summed E-state index contributed by atoms with van der Waals surface area (Å²) in [4.78, 5) is 29.7. The Morgan fingerprint density at radius 2 is 2.04 bits per heavy atom. The molecular weight excluding hydrogens is 418 g/mol. The number of nitrogens with one attached hydrogen (secondary N) is 1. The fraction of sp³-hybridized carbons (Fsp3) is 0.214. The second-order valence-electron chi connectivity index (χ2n) is 5.09. The van der Waals surface area contributed by atoms with Crippen LogP contribution in [0.1, 0.15) is 11.3 Å². The van der Waals surface area contributed by atoms with Gasteiger partial charge in [-0.05, 0) is 12.3 Å². The first-order chi connectivity index (χ1) is 12.1. The summed E-state index contributed by atoms with van der Waals surface area (Å²) < 4.78 is 53.8. The molecule has 138 valence electrons. The third-order valence-corrected chi connectivity index (χ3v) is 5.85. The molecule has 2 heterocycles. The Labute approximate surface area is 155 Å². The van der Waals surface area contributed by atoms with Gasteiger partial charge in [-0.15, -0.1) is 11.3 Å². The molecule has 0 atom stereocenters. The Balaban J connectivity index is 2.17. The predicted octanol–water partition coefficient (Wildman–Crippen LogP) is 3.73. The summed E-state index contributed by atoms with van der Waals surface area (Å²) in [6.45, 7) is -0.554. The molecule has 1 N–H and O–H groups in total. The molecule has 3 aromatic rings. The molecule has 1 aromatic carbocycles. The zero-order chi connectivity index (χ0) is 19.2. The maximum absolute atomic E-state index is 14.4. The minimum atomic E-state index is -4.87. The smallest absolute Gasteiger partial charge is 0.303 e. The maximum Gasteiger partial charge on any atom is 0.431 e. The van der Waals surface area contributed by atoms with Crippen LogP contribution in [0, 0.1) is 5.82 Å². The molecule has 0 unspecified atom stereocenters. The first-order valence-electron chi connectivity index (χ1n) is 6.84. The van der Waals surface area contributed by atoms with Crippen molar-refractivity contribution >= 4 is 44.9 Å². The van der Waals surface area contributed by atoms with E-state index in [0.717, 1.165) is 17.4 Å². The fourth-order valence-electron chi connectivity index (χ4n) is 2.26. The highest BCUT2D eigenvalue weighted by molar-refractivity contribution is 8.00. The Morgan fingerprint density at radius 3 is 2.62 bits per heavy atom. The van der Waals surface area contributed by atoms with E-state index in [2.05, 4.69) is 4.98 Å². The maximum atomic E-state index is 14.4. The number of benzene rings is 1. The largest absolute Gasteiger partial charge is 0.431 e. The second-order valence-corrected chi connectivity index (χ2v) is 7.55. The number of aromatic amines is 1. The Bertz CT molecular complexity index is 1090. The lowest BCUT2D eigenvalue weighted by molar-refractivity contribution is -0.141. The van der Waals surface area contributed by atoms with Gasteiger partial charge in [0.1, 0.15) is 17.0 Å². The quantitative estimate of drug-likeness (QED) is 0.513. The van der Waals surface area contributed by atoms with Crippen LogP contribution in [0.4, 0.5) is 17.6 Å². The van der Waals surface area contributed by atoms with Crippen LogP contribution in [0.25, 0.3) is 10.2 Å². The van der Waals surface area contributed by atoms with E-state index >= 15 is 0 Å². The minimum absolute atomic E-state index is 0.0467. The fourth-order valence-corrected chi connectivity index (χ4v) is 4.16. The second kappa shape index (κ2) is 6.71. The van der Waals surface area contributed by atoms with Gasteiger partial charge in [-0.3, -0.25) is 9.36 Å². The van der Waals surface area contributed by atoms with Gasteiger partial charge in [-0.25, -0.2) is 14.2 Å². The zero-order valence-corrected chi connectivity index (χ0v) is 15.2. The lowest BCUT2D eigenvalue weighted by Crippen LogP contribution is -2.37. The number of nitrogens with zero attached hydrogens (tertiary/aromatic N) is 2. The van der Waals surface area contributed by atoms with Crippen molar-refractivity contribution in [2.75, 3.05) is 6.26 Å². The van der Waals surface area contributed by atoms with Crippen LogP contribution in [-0.4, -0.2) is 20.8 Å². The summed E-state index contributed by atoms with van der Waals surface area (Å²) in [5.41, 5.74) is -3.70. The van der Waals surface area contributed by atoms with Crippen LogP contribution in [-0.2, 0) is 12.7 Å². The molecule has 5 nitrogen and oxygen atoms in total. The normalized spacial score (nSPS) is 12.1. The molecule has 0 spiro atoms. The van der Waals surface area contributed by atoms with Crippen LogP contribution >= 0.6 is 34.7 Å². The van der Waals surface area contributed by atoms with Crippen LogP contribution in [0.5, 0.6) is 0 Å². The molecule has 2 aromatic heterocycles. The molecule has 3 rings (SSSR count). The number of alkyl halides is 3. The molecule has 0 bridgehead atoms. The van der Waals surface area contributed by atoms with Gasteiger partial charge in [0.15, 0.2) is 4.34 Å². The van der Waals surface area contributed by atoms with Gasteiger partial charge >= 0.3 is 11.9 Å². The lowest BCUT2D eigenvalue weighted by Gasteiger charge is -2.10. The molecule has 0 aliphatic carbocycles. The van der Waals surface area contributed by atoms with Crippen molar-refractivity contribution in [2.45, 2.75) is 17.1 Å².